The normalized spacial score (nSPS) is 9.08. The topological polar surface area (TPSA) is 172 Å². The van der Waals surface area contributed by atoms with Gasteiger partial charge in [-0.2, -0.15) is 15.6 Å². The van der Waals surface area contributed by atoms with Crippen LogP contribution in [0, 0.1) is 0 Å². The van der Waals surface area contributed by atoms with Gasteiger partial charge in [0, 0.05) is 0 Å². The first-order valence-electron chi connectivity index (χ1n) is 1.46. The second-order valence-electron chi connectivity index (χ2n) is 0.894. The predicted octanol–water partition coefficient (Wildman–Crippen LogP) is -7.48. The predicted molar refractivity (Wildman–Crippen MR) is 32.3 cm³/mol. The molecule has 0 saturated carbocycles. The van der Waals surface area contributed by atoms with Gasteiger partial charge in [0.2, 0.25) is 0 Å². The molecule has 0 aliphatic carbocycles. The van der Waals surface area contributed by atoms with Gasteiger partial charge in [-0.3, -0.25) is 0 Å². The molecule has 0 aromatic rings. The van der Waals surface area contributed by atoms with Crippen molar-refractivity contribution in [3.8, 4) is 0 Å². The molecule has 0 bridgehead atoms. The van der Waals surface area contributed by atoms with Gasteiger partial charge in [0.15, 0.2) is 0 Å². The monoisotopic (exact) mass is 305 g/mol. The average Bonchev–Trinajstić information content (AvgIpc) is 1.12. The van der Waals surface area contributed by atoms with Crippen LogP contribution in [0.1, 0.15) is 0 Å². The quantitative estimate of drug-likeness (QED) is 0.313. The summed E-state index contributed by atoms with van der Waals surface area (Å²) in [6.07, 6.45) is 0. The summed E-state index contributed by atoms with van der Waals surface area (Å²) in [5.41, 5.74) is 0. The molecule has 0 spiro atoms. The van der Waals surface area contributed by atoms with Crippen molar-refractivity contribution in [2.75, 3.05) is 0 Å². The molecule has 8 nitrogen and oxygen atoms in total. The minimum Gasteiger partial charge on any atom is -0.822 e. The minimum absolute atomic E-state index is 0. The summed E-state index contributed by atoms with van der Waals surface area (Å²) in [5.74, 6) is 0. The third-order valence-electron chi connectivity index (χ3n) is 0. The second kappa shape index (κ2) is 11.6. The van der Waals surface area contributed by atoms with Crippen molar-refractivity contribution < 1.29 is 55.6 Å². The molecular weight excluding hydrogens is 301 g/mol. The maximum atomic E-state index is 8.55. The van der Waals surface area contributed by atoms with Gasteiger partial charge in [0.25, 0.3) is 0 Å². The molecule has 0 rings (SSSR count). The van der Waals surface area contributed by atoms with Crippen LogP contribution in [-0.4, -0.2) is 28.3 Å². The molecule has 0 aromatic heterocycles. The Hall–Kier alpha value is 1.49. The number of hydrogen-bond acceptors (Lipinski definition) is 8. The molecule has 0 aliphatic rings. The third-order valence-corrected chi connectivity index (χ3v) is 0. The zero-order chi connectivity index (χ0) is 9.00. The molecule has 0 fully saturated rings. The molecule has 13 heavy (non-hydrogen) atoms. The Bertz CT molecular complexity index is 134. The fourth-order valence-electron chi connectivity index (χ4n) is 0. The number of hydrogen-bond donors (Lipinski definition) is 0. The molecule has 0 atom stereocenters. The van der Waals surface area contributed by atoms with Crippen LogP contribution in [0.3, 0.4) is 0 Å². The Labute approximate surface area is 99.5 Å². The maximum absolute atomic E-state index is 8.55. The Morgan fingerprint density at radius 3 is 0.692 bits per heavy atom. The van der Waals surface area contributed by atoms with Gasteiger partial charge in [-0.15, -0.1) is 0 Å². The van der Waals surface area contributed by atoms with Crippen LogP contribution in [0.25, 0.3) is 0 Å². The van der Waals surface area contributed by atoms with E-state index < -0.39 is 15.6 Å². The Kier molecular flexibility index (Phi) is 26.0. The zero-order valence-corrected chi connectivity index (χ0v) is 9.14. The van der Waals surface area contributed by atoms with E-state index in [1.54, 1.807) is 0 Å². The van der Waals surface area contributed by atoms with Gasteiger partial charge in [-0.1, -0.05) is 0 Å². The molecule has 0 heterocycles. The SMILES string of the molecule is O=P([O-])([O-])[O-].O=P([O-])([O-])[O-].[Al+3].[Fe+3].[SiH4]. The van der Waals surface area contributed by atoms with Crippen LogP contribution in [-0.2, 0) is 26.2 Å². The average molecular weight is 305 g/mol. The fourth-order valence-corrected chi connectivity index (χ4v) is 0. The Morgan fingerprint density at radius 1 is 0.692 bits per heavy atom. The standard InChI is InChI=1S/Al.Fe.2H3O4P.H4Si/c;;2*1-5(2,3)4;/h;;2*(H3,1,2,3,4);1H4/q2*+3;;;/p-6. The number of phosphoric acid groups is 2. The van der Waals surface area contributed by atoms with Crippen molar-refractivity contribution >= 4 is 44.0 Å². The van der Waals surface area contributed by atoms with Gasteiger partial charge in [-0.25, -0.2) is 0 Å². The second-order valence-corrected chi connectivity index (χ2v) is 2.68. The molecule has 1 radical (unpaired) electrons. The summed E-state index contributed by atoms with van der Waals surface area (Å²) >= 11 is 0. The molecule has 0 unspecified atom stereocenters. The third kappa shape index (κ3) is 803. The smallest absolute Gasteiger partial charge is 0.822 e. The molecule has 0 aromatic carbocycles. The molecule has 0 amide bonds. The molecular formula is H4AlFeO8P2Si. The van der Waals surface area contributed by atoms with Crippen LogP contribution in [0.4, 0.5) is 0 Å². The van der Waals surface area contributed by atoms with Crippen LogP contribution >= 0.6 is 15.6 Å². The van der Waals surface area contributed by atoms with Gasteiger partial charge < -0.3 is 38.5 Å². The summed E-state index contributed by atoms with van der Waals surface area (Å²) < 4.78 is 17.1. The van der Waals surface area contributed by atoms with Gasteiger partial charge in [-0.05, 0) is 11.0 Å². The van der Waals surface area contributed by atoms with Gasteiger partial charge >= 0.3 is 34.4 Å². The van der Waals surface area contributed by atoms with E-state index in [9.17, 15) is 0 Å². The van der Waals surface area contributed by atoms with Crippen molar-refractivity contribution in [2.45, 2.75) is 0 Å². The van der Waals surface area contributed by atoms with Crippen molar-refractivity contribution in [1.29, 1.82) is 0 Å². The molecule has 13 heteroatoms. The molecule has 0 N–H and O–H groups in total. The summed E-state index contributed by atoms with van der Waals surface area (Å²) in [5, 5.41) is 0. The van der Waals surface area contributed by atoms with E-state index in [4.69, 9.17) is 38.5 Å². The zero-order valence-electron chi connectivity index (χ0n) is 5.09. The Balaban J connectivity index is -0.0000000267. The van der Waals surface area contributed by atoms with Crippen LogP contribution < -0.4 is 29.4 Å². The first-order valence-corrected chi connectivity index (χ1v) is 4.38. The molecule has 77 valence electrons. The summed E-state index contributed by atoms with van der Waals surface area (Å²) in [6.45, 7) is 0. The number of rotatable bonds is 0. The van der Waals surface area contributed by atoms with Crippen LogP contribution in [0.5, 0.6) is 0 Å². The van der Waals surface area contributed by atoms with E-state index in [0.29, 0.717) is 0 Å². The van der Waals surface area contributed by atoms with Crippen molar-refractivity contribution in [2.24, 2.45) is 0 Å². The van der Waals surface area contributed by atoms with Gasteiger partial charge in [0.1, 0.15) is 0 Å². The summed E-state index contributed by atoms with van der Waals surface area (Å²) in [4.78, 5) is 51.3. The van der Waals surface area contributed by atoms with E-state index in [2.05, 4.69) is 0 Å². The van der Waals surface area contributed by atoms with E-state index >= 15 is 0 Å². The van der Waals surface area contributed by atoms with E-state index in [-0.39, 0.29) is 45.4 Å². The summed E-state index contributed by atoms with van der Waals surface area (Å²) in [6, 6.07) is 0. The summed E-state index contributed by atoms with van der Waals surface area (Å²) in [7, 11) is -10.8. The maximum Gasteiger partial charge on any atom is 3.00 e. The van der Waals surface area contributed by atoms with Gasteiger partial charge in [0.05, 0.1) is 0 Å². The molecule has 0 aliphatic heterocycles. The van der Waals surface area contributed by atoms with E-state index in [0.717, 1.165) is 0 Å². The van der Waals surface area contributed by atoms with E-state index in [1.807, 2.05) is 0 Å². The fraction of sp³-hybridized carbons (Fsp3) is 0. The Morgan fingerprint density at radius 2 is 0.692 bits per heavy atom. The minimum atomic E-state index is -5.39. The molecule has 0 saturated heterocycles. The van der Waals surface area contributed by atoms with Crippen molar-refractivity contribution in [3.05, 3.63) is 0 Å². The van der Waals surface area contributed by atoms with Crippen molar-refractivity contribution in [1.82, 2.24) is 0 Å². The first kappa shape index (κ1) is 29.3. The van der Waals surface area contributed by atoms with E-state index in [1.165, 1.54) is 0 Å². The van der Waals surface area contributed by atoms with Crippen LogP contribution in [0.2, 0.25) is 0 Å². The largest absolute Gasteiger partial charge is 3.00 e. The first-order chi connectivity index (χ1) is 4.00. The van der Waals surface area contributed by atoms with Crippen LogP contribution in [0.15, 0.2) is 0 Å². The van der Waals surface area contributed by atoms with Crippen molar-refractivity contribution in [3.63, 3.8) is 0 Å².